The van der Waals surface area contributed by atoms with Crippen molar-refractivity contribution in [3.63, 3.8) is 0 Å². The van der Waals surface area contributed by atoms with Crippen LogP contribution < -0.4 is 0 Å². The van der Waals surface area contributed by atoms with Gasteiger partial charge in [0.1, 0.15) is 0 Å². The van der Waals surface area contributed by atoms with E-state index in [9.17, 15) is 0 Å². The highest BCUT2D eigenvalue weighted by atomic mass is 15.2. The Morgan fingerprint density at radius 2 is 1.59 bits per heavy atom. The summed E-state index contributed by atoms with van der Waals surface area (Å²) in [6.45, 7) is 26.3. The first-order valence-electron chi connectivity index (χ1n) is 10.4. The third kappa shape index (κ3) is 21.3. The van der Waals surface area contributed by atoms with Gasteiger partial charge in [0.15, 0.2) is 0 Å². The summed E-state index contributed by atoms with van der Waals surface area (Å²) >= 11 is 0. The summed E-state index contributed by atoms with van der Waals surface area (Å²) in [5, 5.41) is 6.97. The highest BCUT2D eigenvalue weighted by molar-refractivity contribution is 5.73. The van der Waals surface area contributed by atoms with Crippen LogP contribution in [-0.2, 0) is 0 Å². The van der Waals surface area contributed by atoms with Gasteiger partial charge in [0.25, 0.3) is 0 Å². The Morgan fingerprint density at radius 1 is 0.966 bits per heavy atom. The van der Waals surface area contributed by atoms with E-state index in [-0.39, 0.29) is 0 Å². The molecule has 162 valence electrons. The molecule has 1 aromatic heterocycles. The maximum absolute atomic E-state index is 3.91. The van der Waals surface area contributed by atoms with Gasteiger partial charge >= 0.3 is 0 Å². The lowest BCUT2D eigenvalue weighted by Gasteiger charge is -1.97. The predicted molar refractivity (Wildman–Crippen MR) is 138 cm³/mol. The van der Waals surface area contributed by atoms with Crippen molar-refractivity contribution in [1.82, 2.24) is 4.98 Å². The average molecular weight is 399 g/mol. The van der Waals surface area contributed by atoms with E-state index in [1.54, 1.807) is 30.8 Å². The highest BCUT2D eigenvalue weighted by Gasteiger charge is 1.92. The van der Waals surface area contributed by atoms with Gasteiger partial charge in [-0.05, 0) is 30.9 Å². The Kier molecular flexibility index (Phi) is 38.1. The van der Waals surface area contributed by atoms with Gasteiger partial charge in [-0.3, -0.25) is 9.98 Å². The van der Waals surface area contributed by atoms with Crippen molar-refractivity contribution in [3.05, 3.63) is 66.6 Å². The van der Waals surface area contributed by atoms with Crippen LogP contribution >= 0.6 is 0 Å². The monoisotopic (exact) mass is 398 g/mol. The fraction of sp³-hybridized carbons (Fsp3) is 0.360. The molecular formula is C25H42N4. The lowest BCUT2D eigenvalue weighted by Crippen LogP contribution is -1.80. The van der Waals surface area contributed by atoms with Gasteiger partial charge in [-0.15, -0.1) is 0 Å². The van der Waals surface area contributed by atoms with E-state index in [4.69, 9.17) is 0 Å². The number of aliphatic imine (C=N–C) groups is 1. The second-order valence-electron chi connectivity index (χ2n) is 3.94. The van der Waals surface area contributed by atoms with E-state index >= 15 is 0 Å². The zero-order chi connectivity index (χ0) is 23.3. The molecule has 1 aromatic rings. The number of pyridine rings is 1. The molecule has 0 atom stereocenters. The van der Waals surface area contributed by atoms with Crippen LogP contribution in [0.3, 0.4) is 0 Å². The first-order chi connectivity index (χ1) is 14.3. The smallest absolute Gasteiger partial charge is 0.0725 e. The molecular weight excluding hydrogens is 356 g/mol. The molecule has 2 rings (SSSR count). The quantitative estimate of drug-likeness (QED) is 0.372. The topological polar surface area (TPSA) is 50.0 Å². The fourth-order valence-electron chi connectivity index (χ4n) is 1.53. The Hall–Kier alpha value is -2.88. The molecule has 1 aliphatic rings. The SMILES string of the molecule is C=Cc1cnccc1N=C.C=N/N=C\C=C1\C=CC=CC1.CC.CC.CC.CC. The van der Waals surface area contributed by atoms with Gasteiger partial charge in [0.2, 0.25) is 0 Å². The molecule has 0 amide bonds. The van der Waals surface area contributed by atoms with Crippen molar-refractivity contribution < 1.29 is 0 Å². The van der Waals surface area contributed by atoms with Crippen molar-refractivity contribution in [1.29, 1.82) is 0 Å². The van der Waals surface area contributed by atoms with Crippen LogP contribution in [0.25, 0.3) is 6.08 Å². The number of hydrogen-bond acceptors (Lipinski definition) is 4. The van der Waals surface area contributed by atoms with Gasteiger partial charge < -0.3 is 0 Å². The van der Waals surface area contributed by atoms with Gasteiger partial charge in [0, 0.05) is 30.9 Å². The van der Waals surface area contributed by atoms with E-state index in [0.717, 1.165) is 17.7 Å². The Labute approximate surface area is 180 Å². The first-order valence-corrected chi connectivity index (χ1v) is 10.4. The van der Waals surface area contributed by atoms with Crippen molar-refractivity contribution >= 4 is 31.4 Å². The standard InChI is InChI=1S/C9H10N2.C8H8N2.4C2H6/c1-10-11-8-7-9-5-3-2-4-6-9;1-3-7-6-10-5-4-8(7)9-2;4*1-2/h2-5,7-8H,1,6H2;3-6H,1-2H2;4*1-2H3/b9-7-,11-8-;;;;;. The van der Waals surface area contributed by atoms with Crippen LogP contribution in [0, 0.1) is 0 Å². The van der Waals surface area contributed by atoms with Gasteiger partial charge in [-0.1, -0.05) is 92.3 Å². The molecule has 0 radical (unpaired) electrons. The molecule has 0 aliphatic heterocycles. The maximum atomic E-state index is 3.91. The minimum absolute atomic E-state index is 0.824. The molecule has 0 unspecified atom stereocenters. The minimum Gasteiger partial charge on any atom is -0.264 e. The van der Waals surface area contributed by atoms with Crippen molar-refractivity contribution in [2.45, 2.75) is 61.8 Å². The van der Waals surface area contributed by atoms with Crippen molar-refractivity contribution in [3.8, 4) is 0 Å². The number of aromatic nitrogens is 1. The molecule has 1 aliphatic carbocycles. The third-order valence-corrected chi connectivity index (χ3v) is 2.57. The average Bonchev–Trinajstić information content (AvgIpc) is 2.85. The van der Waals surface area contributed by atoms with Crippen LogP contribution in [-0.4, -0.2) is 24.6 Å². The van der Waals surface area contributed by atoms with Crippen LogP contribution in [0.1, 0.15) is 67.4 Å². The molecule has 0 saturated heterocycles. The Balaban J connectivity index is -0.000000161. The molecule has 4 nitrogen and oxygen atoms in total. The molecule has 0 spiro atoms. The predicted octanol–water partition coefficient (Wildman–Crippen LogP) is 8.28. The number of allylic oxidation sites excluding steroid dienone is 6. The zero-order valence-electron chi connectivity index (χ0n) is 19.9. The van der Waals surface area contributed by atoms with Crippen LogP contribution in [0.5, 0.6) is 0 Å². The molecule has 29 heavy (non-hydrogen) atoms. The van der Waals surface area contributed by atoms with Gasteiger partial charge in [-0.2, -0.15) is 10.2 Å². The Morgan fingerprint density at radius 3 is 2.00 bits per heavy atom. The molecule has 4 heteroatoms. The van der Waals surface area contributed by atoms with E-state index in [2.05, 4.69) is 52.3 Å². The minimum atomic E-state index is 0.824. The second-order valence-corrected chi connectivity index (χ2v) is 3.94. The van der Waals surface area contributed by atoms with Crippen LogP contribution in [0.4, 0.5) is 5.69 Å². The summed E-state index contributed by atoms with van der Waals surface area (Å²) < 4.78 is 0. The molecule has 0 N–H and O–H groups in total. The summed E-state index contributed by atoms with van der Waals surface area (Å²) in [7, 11) is 0. The Bertz CT molecular complexity index is 582. The van der Waals surface area contributed by atoms with E-state index in [1.165, 1.54) is 5.57 Å². The van der Waals surface area contributed by atoms with Crippen LogP contribution in [0.15, 0.2) is 76.2 Å². The highest BCUT2D eigenvalue weighted by Crippen LogP contribution is 2.16. The van der Waals surface area contributed by atoms with Crippen LogP contribution in [0.2, 0.25) is 0 Å². The summed E-state index contributed by atoms with van der Waals surface area (Å²) in [4.78, 5) is 7.69. The molecule has 0 saturated carbocycles. The van der Waals surface area contributed by atoms with E-state index in [0.29, 0.717) is 0 Å². The maximum Gasteiger partial charge on any atom is 0.0725 e. The molecule has 0 aromatic carbocycles. The van der Waals surface area contributed by atoms with E-state index in [1.807, 2.05) is 73.6 Å². The molecule has 0 bridgehead atoms. The zero-order valence-corrected chi connectivity index (χ0v) is 19.9. The summed E-state index contributed by atoms with van der Waals surface area (Å²) in [5.41, 5.74) is 2.97. The van der Waals surface area contributed by atoms with Crippen molar-refractivity contribution in [2.75, 3.05) is 0 Å². The number of nitrogens with zero attached hydrogens (tertiary/aromatic N) is 4. The van der Waals surface area contributed by atoms with Gasteiger partial charge in [0.05, 0.1) is 5.69 Å². The number of hydrogen-bond donors (Lipinski definition) is 0. The van der Waals surface area contributed by atoms with Gasteiger partial charge in [-0.25, -0.2) is 0 Å². The summed E-state index contributed by atoms with van der Waals surface area (Å²) in [6.07, 6.45) is 17.8. The van der Waals surface area contributed by atoms with Crippen molar-refractivity contribution in [2.24, 2.45) is 15.2 Å². The largest absolute Gasteiger partial charge is 0.264 e. The van der Waals surface area contributed by atoms with E-state index < -0.39 is 0 Å². The third-order valence-electron chi connectivity index (χ3n) is 2.57. The summed E-state index contributed by atoms with van der Waals surface area (Å²) in [6, 6.07) is 1.80. The molecule has 0 fully saturated rings. The second kappa shape index (κ2) is 32.8. The number of rotatable bonds is 4. The lowest BCUT2D eigenvalue weighted by atomic mass is 10.1. The fourth-order valence-corrected chi connectivity index (χ4v) is 1.53. The first kappa shape index (κ1) is 33.7. The molecule has 1 heterocycles. The lowest BCUT2D eigenvalue weighted by molar-refractivity contribution is 1.25. The summed E-state index contributed by atoms with van der Waals surface area (Å²) in [5.74, 6) is 0. The normalized spacial score (nSPS) is 11.4.